The highest BCUT2D eigenvalue weighted by molar-refractivity contribution is 7.91. The molecule has 1 aliphatic rings. The van der Waals surface area contributed by atoms with Gasteiger partial charge in [0, 0.05) is 13.1 Å². The van der Waals surface area contributed by atoms with Crippen LogP contribution >= 0.6 is 22.9 Å². The normalized spacial score (nSPS) is 17.8. The third-order valence-corrected chi connectivity index (χ3v) is 8.31. The summed E-state index contributed by atoms with van der Waals surface area (Å²) < 4.78 is 33.0. The van der Waals surface area contributed by atoms with Gasteiger partial charge in [0.1, 0.15) is 4.21 Å². The van der Waals surface area contributed by atoms with E-state index < -0.39 is 15.4 Å². The van der Waals surface area contributed by atoms with Crippen LogP contribution in [0.5, 0.6) is 0 Å². The zero-order valence-corrected chi connectivity index (χ0v) is 16.7. The highest BCUT2D eigenvalue weighted by Crippen LogP contribution is 2.39. The Morgan fingerprint density at radius 3 is 2.38 bits per heavy atom. The number of halogens is 1. The molecule has 2 aromatic rings. The number of carbonyl (C=O) groups excluding carboxylic acids is 1. The Hall–Kier alpha value is -1.41. The smallest absolute Gasteiger partial charge is 0.316 e. The molecule has 1 aliphatic heterocycles. The SMILES string of the molecule is CCOC(=O)C1(c2ccccc2)CCN(S(=O)(=O)c2ccc(Cl)s2)CC1. The maximum absolute atomic E-state index is 12.8. The number of nitrogens with zero attached hydrogens (tertiary/aromatic N) is 1. The predicted molar refractivity (Wildman–Crippen MR) is 102 cm³/mol. The van der Waals surface area contributed by atoms with Crippen molar-refractivity contribution in [2.24, 2.45) is 0 Å². The van der Waals surface area contributed by atoms with Crippen LogP contribution in [0.2, 0.25) is 4.34 Å². The minimum Gasteiger partial charge on any atom is -0.465 e. The van der Waals surface area contributed by atoms with Gasteiger partial charge in [-0.3, -0.25) is 4.79 Å². The Labute approximate surface area is 162 Å². The Bertz CT molecular complexity index is 872. The molecule has 0 aliphatic carbocycles. The van der Waals surface area contributed by atoms with E-state index in [9.17, 15) is 13.2 Å². The van der Waals surface area contributed by atoms with E-state index in [1.807, 2.05) is 30.3 Å². The molecule has 1 fully saturated rings. The first kappa shape index (κ1) is 19.4. The van der Waals surface area contributed by atoms with Gasteiger partial charge in [-0.05, 0) is 37.5 Å². The van der Waals surface area contributed by atoms with Gasteiger partial charge in [0.2, 0.25) is 0 Å². The number of sulfonamides is 1. The van der Waals surface area contributed by atoms with Gasteiger partial charge in [-0.1, -0.05) is 41.9 Å². The molecule has 8 heteroatoms. The molecule has 1 aromatic heterocycles. The van der Waals surface area contributed by atoms with Crippen molar-refractivity contribution >= 4 is 38.9 Å². The van der Waals surface area contributed by atoms with E-state index >= 15 is 0 Å². The van der Waals surface area contributed by atoms with Crippen molar-refractivity contribution in [3.8, 4) is 0 Å². The van der Waals surface area contributed by atoms with Gasteiger partial charge in [0.15, 0.2) is 0 Å². The maximum atomic E-state index is 12.8. The molecule has 5 nitrogen and oxygen atoms in total. The Morgan fingerprint density at radius 1 is 1.19 bits per heavy atom. The fourth-order valence-electron chi connectivity index (χ4n) is 3.31. The van der Waals surface area contributed by atoms with Crippen LogP contribution in [0.15, 0.2) is 46.7 Å². The van der Waals surface area contributed by atoms with Crippen LogP contribution < -0.4 is 0 Å². The summed E-state index contributed by atoms with van der Waals surface area (Å²) in [5.74, 6) is -0.289. The molecule has 0 radical (unpaired) electrons. The highest BCUT2D eigenvalue weighted by Gasteiger charge is 2.46. The van der Waals surface area contributed by atoms with Crippen LogP contribution in [0.25, 0.3) is 0 Å². The second kappa shape index (κ2) is 7.68. The average molecular weight is 414 g/mol. The molecule has 0 unspecified atom stereocenters. The molecule has 26 heavy (non-hydrogen) atoms. The summed E-state index contributed by atoms with van der Waals surface area (Å²) in [5, 5.41) is 0. The minimum atomic E-state index is -3.60. The molecule has 0 amide bonds. The van der Waals surface area contributed by atoms with Crippen molar-refractivity contribution in [3.63, 3.8) is 0 Å². The molecule has 0 spiro atoms. The van der Waals surface area contributed by atoms with E-state index in [-0.39, 0.29) is 23.3 Å². The van der Waals surface area contributed by atoms with Crippen LogP contribution in [0.4, 0.5) is 0 Å². The third-order valence-electron chi connectivity index (χ3n) is 4.71. The van der Waals surface area contributed by atoms with Crippen molar-refractivity contribution in [2.45, 2.75) is 29.4 Å². The highest BCUT2D eigenvalue weighted by atomic mass is 35.5. The average Bonchev–Trinajstić information content (AvgIpc) is 3.10. The van der Waals surface area contributed by atoms with Crippen molar-refractivity contribution < 1.29 is 17.9 Å². The molecule has 0 saturated carbocycles. The number of rotatable bonds is 5. The number of thiophene rings is 1. The van der Waals surface area contributed by atoms with E-state index in [2.05, 4.69) is 0 Å². The summed E-state index contributed by atoms with van der Waals surface area (Å²) in [6, 6.07) is 12.6. The first-order chi connectivity index (χ1) is 12.4. The van der Waals surface area contributed by atoms with Gasteiger partial charge < -0.3 is 4.74 Å². The zero-order valence-electron chi connectivity index (χ0n) is 14.4. The van der Waals surface area contributed by atoms with E-state index in [4.69, 9.17) is 16.3 Å². The molecule has 1 saturated heterocycles. The first-order valence-corrected chi connectivity index (χ1v) is 11.0. The molecule has 1 aromatic carbocycles. The van der Waals surface area contributed by atoms with Gasteiger partial charge in [-0.15, -0.1) is 11.3 Å². The molecule has 2 heterocycles. The van der Waals surface area contributed by atoms with Crippen molar-refractivity contribution in [3.05, 3.63) is 52.4 Å². The van der Waals surface area contributed by atoms with Crippen LogP contribution in [-0.2, 0) is 25.0 Å². The number of piperidine rings is 1. The Morgan fingerprint density at radius 2 is 1.85 bits per heavy atom. The van der Waals surface area contributed by atoms with E-state index in [0.717, 1.165) is 16.9 Å². The summed E-state index contributed by atoms with van der Waals surface area (Å²) in [4.78, 5) is 12.7. The lowest BCUT2D eigenvalue weighted by molar-refractivity contribution is -0.152. The van der Waals surface area contributed by atoms with Crippen LogP contribution in [0.3, 0.4) is 0 Å². The fourth-order valence-corrected chi connectivity index (χ4v) is 6.39. The lowest BCUT2D eigenvalue weighted by Crippen LogP contribution is -2.49. The van der Waals surface area contributed by atoms with Crippen LogP contribution in [0, 0.1) is 0 Å². The number of benzene rings is 1. The number of hydrogen-bond acceptors (Lipinski definition) is 5. The molecule has 0 atom stereocenters. The van der Waals surface area contributed by atoms with Crippen molar-refractivity contribution in [1.82, 2.24) is 4.31 Å². The topological polar surface area (TPSA) is 63.7 Å². The molecule has 140 valence electrons. The van der Waals surface area contributed by atoms with E-state index in [1.165, 1.54) is 10.4 Å². The quantitative estimate of drug-likeness (QED) is 0.701. The van der Waals surface area contributed by atoms with Gasteiger partial charge in [-0.2, -0.15) is 4.31 Å². The second-order valence-corrected chi connectivity index (χ2v) is 10.0. The number of carbonyl (C=O) groups is 1. The van der Waals surface area contributed by atoms with Gasteiger partial charge in [-0.25, -0.2) is 8.42 Å². The number of hydrogen-bond donors (Lipinski definition) is 0. The van der Waals surface area contributed by atoms with E-state index in [0.29, 0.717) is 23.8 Å². The van der Waals surface area contributed by atoms with Gasteiger partial charge in [0.05, 0.1) is 16.4 Å². The summed E-state index contributed by atoms with van der Waals surface area (Å²) in [6.07, 6.45) is 0.766. The fraction of sp³-hybridized carbons (Fsp3) is 0.389. The lowest BCUT2D eigenvalue weighted by atomic mass is 9.73. The first-order valence-electron chi connectivity index (χ1n) is 8.38. The van der Waals surface area contributed by atoms with Gasteiger partial charge >= 0.3 is 5.97 Å². The molecular weight excluding hydrogens is 394 g/mol. The molecule has 3 rings (SSSR count). The predicted octanol–water partition coefficient (Wildman–Crippen LogP) is 3.69. The number of esters is 1. The standard InChI is InChI=1S/C18H20ClNO4S2/c1-2-24-17(21)18(14-6-4-3-5-7-14)10-12-20(13-11-18)26(22,23)16-9-8-15(19)25-16/h3-9H,2,10-13H2,1H3. The van der Waals surface area contributed by atoms with Crippen molar-refractivity contribution in [1.29, 1.82) is 0 Å². The van der Waals surface area contributed by atoms with Crippen LogP contribution in [-0.4, -0.2) is 38.4 Å². The lowest BCUT2D eigenvalue weighted by Gasteiger charge is -2.39. The Balaban J connectivity index is 1.86. The van der Waals surface area contributed by atoms with Crippen molar-refractivity contribution in [2.75, 3.05) is 19.7 Å². The third kappa shape index (κ3) is 3.53. The zero-order chi connectivity index (χ0) is 18.8. The maximum Gasteiger partial charge on any atom is 0.316 e. The van der Waals surface area contributed by atoms with E-state index in [1.54, 1.807) is 13.0 Å². The molecular formula is C18H20ClNO4S2. The summed E-state index contributed by atoms with van der Waals surface area (Å²) >= 11 is 6.92. The Kier molecular flexibility index (Phi) is 5.72. The largest absolute Gasteiger partial charge is 0.465 e. The summed E-state index contributed by atoms with van der Waals surface area (Å²) in [5.41, 5.74) is 0.0609. The minimum absolute atomic E-state index is 0.228. The molecule has 0 bridgehead atoms. The number of ether oxygens (including phenoxy) is 1. The van der Waals surface area contributed by atoms with Gasteiger partial charge in [0.25, 0.3) is 10.0 Å². The van der Waals surface area contributed by atoms with Crippen LogP contribution in [0.1, 0.15) is 25.3 Å². The monoisotopic (exact) mass is 413 g/mol. The molecule has 0 N–H and O–H groups in total. The summed E-state index contributed by atoms with van der Waals surface area (Å²) in [6.45, 7) is 2.58. The second-order valence-electron chi connectivity index (χ2n) is 6.13. The summed E-state index contributed by atoms with van der Waals surface area (Å²) in [7, 11) is -3.60.